The lowest BCUT2D eigenvalue weighted by atomic mass is 10.0. The van der Waals surface area contributed by atoms with Crippen molar-refractivity contribution in [2.24, 2.45) is 7.05 Å². The molecule has 2 heterocycles. The molecule has 3 rings (SSSR count). The predicted octanol–water partition coefficient (Wildman–Crippen LogP) is 1.19. The van der Waals surface area contributed by atoms with Crippen molar-refractivity contribution in [3.63, 3.8) is 0 Å². The van der Waals surface area contributed by atoms with E-state index in [2.05, 4.69) is 10.4 Å². The van der Waals surface area contributed by atoms with Crippen LogP contribution < -0.4 is 10.1 Å². The van der Waals surface area contributed by atoms with Gasteiger partial charge < -0.3 is 15.0 Å². The smallest absolute Gasteiger partial charge is 0.274 e. The van der Waals surface area contributed by atoms with Crippen molar-refractivity contribution < 1.29 is 14.3 Å². The highest BCUT2D eigenvalue weighted by Gasteiger charge is 2.29. The first kappa shape index (κ1) is 16.0. The number of likely N-dealkylation sites (N-methyl/N-ethyl adjacent to an activating group) is 1. The monoisotopic (exact) mass is 328 g/mol. The van der Waals surface area contributed by atoms with Gasteiger partial charge in [-0.25, -0.2) is 0 Å². The van der Waals surface area contributed by atoms with Crippen molar-refractivity contribution in [2.75, 3.05) is 20.1 Å². The largest absolute Gasteiger partial charge is 0.488 e. The Bertz CT molecular complexity index is 797. The first-order valence-electron chi connectivity index (χ1n) is 7.77. The summed E-state index contributed by atoms with van der Waals surface area (Å²) in [5.41, 5.74) is 3.05. The summed E-state index contributed by atoms with van der Waals surface area (Å²) in [5.74, 6) is 0.502. The molecule has 24 heavy (non-hydrogen) atoms. The summed E-state index contributed by atoms with van der Waals surface area (Å²) in [6.07, 6.45) is 0. The van der Waals surface area contributed by atoms with Gasteiger partial charge in [0.1, 0.15) is 12.4 Å². The van der Waals surface area contributed by atoms with Crippen molar-refractivity contribution in [2.45, 2.75) is 13.5 Å². The Labute approximate surface area is 140 Å². The second kappa shape index (κ2) is 6.35. The lowest BCUT2D eigenvalue weighted by molar-refractivity contribution is -0.118. The van der Waals surface area contributed by atoms with Gasteiger partial charge in [-0.15, -0.1) is 0 Å². The standard InChI is InChI=1S/C17H20N4O3/c1-11(22)18-8-9-20(2)17(23)15-13-10-24-14-7-5-4-6-12(14)16(13)21(3)19-15/h4-7H,8-10H2,1-3H3,(H,18,22). The number of carbonyl (C=O) groups is 2. The van der Waals surface area contributed by atoms with Crippen LogP contribution in [-0.2, 0) is 18.4 Å². The molecule has 7 heteroatoms. The average Bonchev–Trinajstić information content (AvgIpc) is 2.91. The molecule has 2 amide bonds. The minimum Gasteiger partial charge on any atom is -0.488 e. The summed E-state index contributed by atoms with van der Waals surface area (Å²) in [7, 11) is 3.53. The zero-order chi connectivity index (χ0) is 17.3. The maximum Gasteiger partial charge on any atom is 0.274 e. The van der Waals surface area contributed by atoms with E-state index in [0.717, 1.165) is 22.6 Å². The SMILES string of the molecule is CC(=O)NCCN(C)C(=O)c1nn(C)c2c1COc1ccccc1-2. The molecule has 0 aliphatic carbocycles. The van der Waals surface area contributed by atoms with Crippen molar-refractivity contribution in [3.8, 4) is 17.0 Å². The summed E-state index contributed by atoms with van der Waals surface area (Å²) < 4.78 is 7.49. The molecule has 0 radical (unpaired) electrons. The van der Waals surface area contributed by atoms with Gasteiger partial charge in [0.15, 0.2) is 5.69 Å². The van der Waals surface area contributed by atoms with Crippen LogP contribution in [0.2, 0.25) is 0 Å². The Morgan fingerprint density at radius 1 is 1.38 bits per heavy atom. The van der Waals surface area contributed by atoms with Crippen molar-refractivity contribution in [3.05, 3.63) is 35.5 Å². The normalized spacial score (nSPS) is 12.0. The summed E-state index contributed by atoms with van der Waals surface area (Å²) in [6.45, 7) is 2.60. The van der Waals surface area contributed by atoms with Gasteiger partial charge in [0.2, 0.25) is 5.91 Å². The number of hydrogen-bond acceptors (Lipinski definition) is 4. The molecule has 0 atom stereocenters. The molecule has 1 aromatic carbocycles. The Morgan fingerprint density at radius 2 is 2.12 bits per heavy atom. The van der Waals surface area contributed by atoms with Gasteiger partial charge in [-0.1, -0.05) is 12.1 Å². The number of amides is 2. The summed E-state index contributed by atoms with van der Waals surface area (Å²) in [4.78, 5) is 25.2. The first-order chi connectivity index (χ1) is 11.5. The van der Waals surface area contributed by atoms with Gasteiger partial charge in [-0.05, 0) is 12.1 Å². The van der Waals surface area contributed by atoms with Crippen LogP contribution in [0.25, 0.3) is 11.3 Å². The molecule has 0 saturated carbocycles. The van der Waals surface area contributed by atoms with Gasteiger partial charge >= 0.3 is 0 Å². The van der Waals surface area contributed by atoms with Crippen molar-refractivity contribution >= 4 is 11.8 Å². The molecular formula is C17H20N4O3. The van der Waals surface area contributed by atoms with Crippen LogP contribution in [0, 0.1) is 0 Å². The van der Waals surface area contributed by atoms with Gasteiger partial charge in [0, 0.05) is 45.2 Å². The third kappa shape index (κ3) is 2.84. The minimum absolute atomic E-state index is 0.115. The summed E-state index contributed by atoms with van der Waals surface area (Å²) in [6, 6.07) is 7.73. The second-order valence-electron chi connectivity index (χ2n) is 5.79. The molecule has 0 spiro atoms. The molecule has 1 aliphatic heterocycles. The predicted molar refractivity (Wildman–Crippen MR) is 88.6 cm³/mol. The second-order valence-corrected chi connectivity index (χ2v) is 5.79. The van der Waals surface area contributed by atoms with Crippen LogP contribution >= 0.6 is 0 Å². The number of aromatic nitrogens is 2. The van der Waals surface area contributed by atoms with Crippen LogP contribution in [-0.4, -0.2) is 46.6 Å². The van der Waals surface area contributed by atoms with Gasteiger partial charge in [-0.3, -0.25) is 14.3 Å². The zero-order valence-electron chi connectivity index (χ0n) is 14.0. The van der Waals surface area contributed by atoms with Crippen LogP contribution in [0.1, 0.15) is 23.0 Å². The van der Waals surface area contributed by atoms with Crippen LogP contribution in [0.3, 0.4) is 0 Å². The topological polar surface area (TPSA) is 76.5 Å². The number of carbonyl (C=O) groups excluding carboxylic acids is 2. The fourth-order valence-electron chi connectivity index (χ4n) is 2.83. The van der Waals surface area contributed by atoms with E-state index in [1.165, 1.54) is 6.92 Å². The third-order valence-electron chi connectivity index (χ3n) is 4.03. The molecule has 0 saturated heterocycles. The lowest BCUT2D eigenvalue weighted by Gasteiger charge is -2.20. The average molecular weight is 328 g/mol. The Kier molecular flexibility index (Phi) is 4.24. The van der Waals surface area contributed by atoms with E-state index in [1.54, 1.807) is 16.6 Å². The number of rotatable bonds is 4. The number of nitrogens with one attached hydrogen (secondary N) is 1. The van der Waals surface area contributed by atoms with E-state index in [9.17, 15) is 9.59 Å². The molecule has 1 N–H and O–H groups in total. The number of fused-ring (bicyclic) bond motifs is 3. The molecule has 0 fully saturated rings. The number of para-hydroxylation sites is 1. The van der Waals surface area contributed by atoms with Gasteiger partial charge in [-0.2, -0.15) is 5.10 Å². The van der Waals surface area contributed by atoms with Crippen molar-refractivity contribution in [1.29, 1.82) is 0 Å². The van der Waals surface area contributed by atoms with Gasteiger partial charge in [0.25, 0.3) is 5.91 Å². The molecule has 0 bridgehead atoms. The Balaban J connectivity index is 1.86. The fourth-order valence-corrected chi connectivity index (χ4v) is 2.83. The number of ether oxygens (including phenoxy) is 1. The molecule has 1 aromatic heterocycles. The zero-order valence-corrected chi connectivity index (χ0v) is 14.0. The van der Waals surface area contributed by atoms with E-state index in [0.29, 0.717) is 25.4 Å². The van der Waals surface area contributed by atoms with E-state index in [-0.39, 0.29) is 11.8 Å². The highest BCUT2D eigenvalue weighted by molar-refractivity contribution is 5.96. The quantitative estimate of drug-likeness (QED) is 0.914. The van der Waals surface area contributed by atoms with Crippen LogP contribution in [0.4, 0.5) is 0 Å². The third-order valence-corrected chi connectivity index (χ3v) is 4.03. The Morgan fingerprint density at radius 3 is 2.88 bits per heavy atom. The number of benzene rings is 1. The fraction of sp³-hybridized carbons (Fsp3) is 0.353. The molecular weight excluding hydrogens is 308 g/mol. The van der Waals surface area contributed by atoms with E-state index in [1.807, 2.05) is 31.3 Å². The highest BCUT2D eigenvalue weighted by Crippen LogP contribution is 2.38. The van der Waals surface area contributed by atoms with Gasteiger partial charge in [0.05, 0.1) is 5.69 Å². The van der Waals surface area contributed by atoms with Crippen LogP contribution in [0.5, 0.6) is 5.75 Å². The van der Waals surface area contributed by atoms with Crippen molar-refractivity contribution in [1.82, 2.24) is 20.0 Å². The Hall–Kier alpha value is -2.83. The molecule has 2 aromatic rings. The lowest BCUT2D eigenvalue weighted by Crippen LogP contribution is -2.36. The minimum atomic E-state index is -0.180. The highest BCUT2D eigenvalue weighted by atomic mass is 16.5. The summed E-state index contributed by atoms with van der Waals surface area (Å²) in [5, 5.41) is 7.09. The van der Waals surface area contributed by atoms with E-state index >= 15 is 0 Å². The maximum atomic E-state index is 12.7. The number of nitrogens with zero attached hydrogens (tertiary/aromatic N) is 3. The number of hydrogen-bond donors (Lipinski definition) is 1. The molecule has 7 nitrogen and oxygen atoms in total. The molecule has 0 unspecified atom stereocenters. The molecule has 126 valence electrons. The van der Waals surface area contributed by atoms with E-state index < -0.39 is 0 Å². The molecule has 1 aliphatic rings. The first-order valence-corrected chi connectivity index (χ1v) is 7.77. The number of aryl methyl sites for hydroxylation is 1. The maximum absolute atomic E-state index is 12.7. The summed E-state index contributed by atoms with van der Waals surface area (Å²) >= 11 is 0. The van der Waals surface area contributed by atoms with E-state index in [4.69, 9.17) is 4.74 Å². The van der Waals surface area contributed by atoms with Crippen LogP contribution in [0.15, 0.2) is 24.3 Å².